The van der Waals surface area contributed by atoms with Crippen LogP contribution in [0.1, 0.15) is 30.9 Å². The second kappa shape index (κ2) is 3.95. The Morgan fingerprint density at radius 3 is 2.33 bits per heavy atom. The van der Waals surface area contributed by atoms with Gasteiger partial charge in [-0.1, -0.05) is 24.3 Å². The topological polar surface area (TPSA) is 46.2 Å². The molecule has 1 aromatic carbocycles. The van der Waals surface area contributed by atoms with Gasteiger partial charge in [0.25, 0.3) is 0 Å². The van der Waals surface area contributed by atoms with Gasteiger partial charge in [0.2, 0.25) is 0 Å². The molecule has 2 heteroatoms. The van der Waals surface area contributed by atoms with E-state index >= 15 is 0 Å². The highest BCUT2D eigenvalue weighted by Gasteiger charge is 2.43. The molecule has 1 fully saturated rings. The molecule has 15 heavy (non-hydrogen) atoms. The Hall–Kier alpha value is -0.860. The Kier molecular flexibility index (Phi) is 2.81. The zero-order valence-corrected chi connectivity index (χ0v) is 9.24. The minimum atomic E-state index is 0.0901. The van der Waals surface area contributed by atoms with E-state index in [9.17, 15) is 5.11 Å². The van der Waals surface area contributed by atoms with Crippen molar-refractivity contribution in [2.45, 2.75) is 37.6 Å². The molecule has 0 bridgehead atoms. The molecule has 2 rings (SSSR count). The fraction of sp³-hybridized carbons (Fsp3) is 0.538. The Bertz CT molecular complexity index is 325. The fourth-order valence-corrected chi connectivity index (χ4v) is 2.06. The van der Waals surface area contributed by atoms with Crippen molar-refractivity contribution >= 4 is 0 Å². The predicted octanol–water partition coefficient (Wildman–Crippen LogP) is 1.60. The highest BCUT2D eigenvalue weighted by Crippen LogP contribution is 2.47. The number of benzene rings is 1. The lowest BCUT2D eigenvalue weighted by Crippen LogP contribution is -2.18. The third-order valence-electron chi connectivity index (χ3n) is 3.28. The molecule has 0 saturated heterocycles. The van der Waals surface area contributed by atoms with E-state index in [4.69, 9.17) is 5.73 Å². The lowest BCUT2D eigenvalue weighted by atomic mass is 9.95. The van der Waals surface area contributed by atoms with Crippen molar-refractivity contribution in [2.75, 3.05) is 6.61 Å². The van der Waals surface area contributed by atoms with Crippen LogP contribution in [0.3, 0.4) is 0 Å². The van der Waals surface area contributed by atoms with Crippen LogP contribution in [0, 0.1) is 0 Å². The summed E-state index contributed by atoms with van der Waals surface area (Å²) in [4.78, 5) is 0. The summed E-state index contributed by atoms with van der Waals surface area (Å²) in [5.74, 6) is 0. The maximum Gasteiger partial charge on any atom is 0.0527 e. The molecule has 0 spiro atoms. The van der Waals surface area contributed by atoms with Gasteiger partial charge in [0.15, 0.2) is 0 Å². The van der Waals surface area contributed by atoms with Gasteiger partial charge in [-0.25, -0.2) is 0 Å². The monoisotopic (exact) mass is 205 g/mol. The van der Waals surface area contributed by atoms with Crippen LogP contribution < -0.4 is 5.73 Å². The van der Waals surface area contributed by atoms with Gasteiger partial charge in [-0.15, -0.1) is 0 Å². The first-order valence-electron chi connectivity index (χ1n) is 5.62. The number of nitrogens with two attached hydrogens (primary N) is 1. The third-order valence-corrected chi connectivity index (χ3v) is 3.28. The van der Waals surface area contributed by atoms with E-state index in [1.54, 1.807) is 0 Å². The van der Waals surface area contributed by atoms with Crippen LogP contribution in [-0.4, -0.2) is 17.8 Å². The average Bonchev–Trinajstić information content (AvgIpc) is 2.99. The van der Waals surface area contributed by atoms with Gasteiger partial charge >= 0.3 is 0 Å². The molecule has 0 aromatic heterocycles. The molecule has 0 radical (unpaired) electrons. The van der Waals surface area contributed by atoms with Crippen LogP contribution in [0.4, 0.5) is 0 Å². The molecule has 0 heterocycles. The molecule has 3 N–H and O–H groups in total. The summed E-state index contributed by atoms with van der Waals surface area (Å²) in [6.45, 7) is 2.30. The molecule has 1 saturated carbocycles. The molecule has 1 aromatic rings. The van der Waals surface area contributed by atoms with E-state index in [1.807, 2.05) is 6.92 Å². The molecule has 82 valence electrons. The van der Waals surface area contributed by atoms with Crippen LogP contribution >= 0.6 is 0 Å². The normalized spacial score (nSPS) is 19.9. The highest BCUT2D eigenvalue weighted by molar-refractivity contribution is 5.34. The molecule has 0 aliphatic heterocycles. The Labute approximate surface area is 91.1 Å². The largest absolute Gasteiger partial charge is 0.395 e. The zero-order chi connectivity index (χ0) is 10.9. The standard InChI is InChI=1S/C13H19NO/c1-10(14)8-11-2-4-12(5-3-11)13(9-15)6-7-13/h2-5,10,15H,6-9,14H2,1H3. The molecule has 2 nitrogen and oxygen atoms in total. The molecule has 1 aliphatic carbocycles. The van der Waals surface area contributed by atoms with Gasteiger partial charge in [0.1, 0.15) is 0 Å². The SMILES string of the molecule is CC(N)Cc1ccc(C2(CO)CC2)cc1. The zero-order valence-electron chi connectivity index (χ0n) is 9.24. The van der Waals surface area contributed by atoms with E-state index in [1.165, 1.54) is 11.1 Å². The first-order valence-corrected chi connectivity index (χ1v) is 5.62. The van der Waals surface area contributed by atoms with Gasteiger partial charge in [-0.2, -0.15) is 0 Å². The Balaban J connectivity index is 2.10. The summed E-state index contributed by atoms with van der Waals surface area (Å²) >= 11 is 0. The first kappa shape index (κ1) is 10.7. The van der Waals surface area contributed by atoms with Gasteiger partial charge in [0, 0.05) is 11.5 Å². The van der Waals surface area contributed by atoms with Gasteiger partial charge in [-0.05, 0) is 37.3 Å². The number of rotatable bonds is 4. The second-order valence-electron chi connectivity index (χ2n) is 4.82. The van der Waals surface area contributed by atoms with Crippen LogP contribution in [-0.2, 0) is 11.8 Å². The van der Waals surface area contributed by atoms with E-state index in [0.29, 0.717) is 0 Å². The van der Waals surface area contributed by atoms with E-state index in [-0.39, 0.29) is 18.1 Å². The predicted molar refractivity (Wildman–Crippen MR) is 61.8 cm³/mol. The molecule has 1 unspecified atom stereocenters. The summed E-state index contributed by atoms with van der Waals surface area (Å²) in [7, 11) is 0. The molecule has 1 atom stereocenters. The maximum atomic E-state index is 9.30. The lowest BCUT2D eigenvalue weighted by Gasteiger charge is -2.13. The smallest absolute Gasteiger partial charge is 0.0527 e. The van der Waals surface area contributed by atoms with E-state index in [0.717, 1.165) is 19.3 Å². The lowest BCUT2D eigenvalue weighted by molar-refractivity contribution is 0.255. The summed E-state index contributed by atoms with van der Waals surface area (Å²) in [5, 5.41) is 9.30. The van der Waals surface area contributed by atoms with Gasteiger partial charge in [-0.3, -0.25) is 0 Å². The van der Waals surface area contributed by atoms with Crippen molar-refractivity contribution < 1.29 is 5.11 Å². The minimum Gasteiger partial charge on any atom is -0.395 e. The molecular formula is C13H19NO. The molecular weight excluding hydrogens is 186 g/mol. The van der Waals surface area contributed by atoms with Crippen molar-refractivity contribution in [1.29, 1.82) is 0 Å². The number of aliphatic hydroxyl groups excluding tert-OH is 1. The van der Waals surface area contributed by atoms with Gasteiger partial charge in [0.05, 0.1) is 6.61 Å². The fourth-order valence-electron chi connectivity index (χ4n) is 2.06. The van der Waals surface area contributed by atoms with Crippen LogP contribution in [0.5, 0.6) is 0 Å². The maximum absolute atomic E-state index is 9.30. The van der Waals surface area contributed by atoms with Crippen LogP contribution in [0.15, 0.2) is 24.3 Å². The highest BCUT2D eigenvalue weighted by atomic mass is 16.3. The van der Waals surface area contributed by atoms with Crippen molar-refractivity contribution in [3.63, 3.8) is 0 Å². The van der Waals surface area contributed by atoms with Crippen molar-refractivity contribution in [2.24, 2.45) is 5.73 Å². The molecule has 0 amide bonds. The van der Waals surface area contributed by atoms with Crippen molar-refractivity contribution in [3.05, 3.63) is 35.4 Å². The van der Waals surface area contributed by atoms with Gasteiger partial charge < -0.3 is 10.8 Å². The summed E-state index contributed by atoms with van der Waals surface area (Å²) in [6.07, 6.45) is 3.17. The number of hydrogen-bond acceptors (Lipinski definition) is 2. The Morgan fingerprint density at radius 1 is 1.33 bits per heavy atom. The molecule has 1 aliphatic rings. The first-order chi connectivity index (χ1) is 7.16. The average molecular weight is 205 g/mol. The van der Waals surface area contributed by atoms with Crippen molar-refractivity contribution in [3.8, 4) is 0 Å². The quantitative estimate of drug-likeness (QED) is 0.784. The third kappa shape index (κ3) is 2.21. The second-order valence-corrected chi connectivity index (χ2v) is 4.82. The van der Waals surface area contributed by atoms with Crippen molar-refractivity contribution in [1.82, 2.24) is 0 Å². The Morgan fingerprint density at radius 2 is 1.93 bits per heavy atom. The number of aliphatic hydroxyl groups is 1. The summed E-state index contributed by atoms with van der Waals surface area (Å²) in [5.41, 5.74) is 8.39. The van der Waals surface area contributed by atoms with E-state index < -0.39 is 0 Å². The number of hydrogen-bond donors (Lipinski definition) is 2. The van der Waals surface area contributed by atoms with Crippen LogP contribution in [0.2, 0.25) is 0 Å². The van der Waals surface area contributed by atoms with E-state index in [2.05, 4.69) is 24.3 Å². The summed E-state index contributed by atoms with van der Waals surface area (Å²) < 4.78 is 0. The minimum absolute atomic E-state index is 0.0901. The van der Waals surface area contributed by atoms with Crippen LogP contribution in [0.25, 0.3) is 0 Å². The summed E-state index contributed by atoms with van der Waals surface area (Å²) in [6, 6.07) is 8.76.